The molecule has 0 aromatic heterocycles. The van der Waals surface area contributed by atoms with Crippen LogP contribution in [0.3, 0.4) is 0 Å². The lowest BCUT2D eigenvalue weighted by Gasteiger charge is -2.13. The smallest absolute Gasteiger partial charge is 0.314 e. The number of carboxylic acid groups (broad SMARTS) is 1. The van der Waals surface area contributed by atoms with Crippen LogP contribution in [0.4, 0.5) is 4.79 Å². The summed E-state index contributed by atoms with van der Waals surface area (Å²) >= 11 is 0. The van der Waals surface area contributed by atoms with Gasteiger partial charge < -0.3 is 20.5 Å². The number of rotatable bonds is 8. The van der Waals surface area contributed by atoms with E-state index in [9.17, 15) is 9.59 Å². The molecule has 2 atom stereocenters. The van der Waals surface area contributed by atoms with Gasteiger partial charge in [0.05, 0.1) is 0 Å². The Morgan fingerprint density at radius 1 is 1.42 bits per heavy atom. The minimum absolute atomic E-state index is 0.145. The Kier molecular flexibility index (Phi) is 7.25. The number of amides is 2. The highest BCUT2D eigenvalue weighted by Gasteiger charge is 2.15. The van der Waals surface area contributed by atoms with Gasteiger partial charge in [-0.1, -0.05) is 6.92 Å². The van der Waals surface area contributed by atoms with Crippen molar-refractivity contribution in [3.05, 3.63) is 0 Å². The van der Waals surface area contributed by atoms with E-state index >= 15 is 0 Å². The average molecular weight is 272 g/mol. The average Bonchev–Trinajstić information content (AvgIpc) is 2.87. The summed E-state index contributed by atoms with van der Waals surface area (Å²) in [4.78, 5) is 21.9. The van der Waals surface area contributed by atoms with Crippen molar-refractivity contribution in [1.82, 2.24) is 10.6 Å². The number of carbonyl (C=O) groups excluding carboxylic acids is 1. The fraction of sp³-hybridized carbons (Fsp3) is 0.846. The maximum atomic E-state index is 11.5. The Morgan fingerprint density at radius 3 is 2.84 bits per heavy atom. The predicted octanol–water partition coefficient (Wildman–Crippen LogP) is 1.21. The third-order valence-corrected chi connectivity index (χ3v) is 3.32. The molecule has 2 amide bonds. The van der Waals surface area contributed by atoms with Crippen LogP contribution in [0.15, 0.2) is 0 Å². The van der Waals surface area contributed by atoms with E-state index in [0.717, 1.165) is 26.1 Å². The van der Waals surface area contributed by atoms with Crippen molar-refractivity contribution in [3.63, 3.8) is 0 Å². The largest absolute Gasteiger partial charge is 0.481 e. The van der Waals surface area contributed by atoms with E-state index in [1.807, 2.05) is 6.92 Å². The summed E-state index contributed by atoms with van der Waals surface area (Å²) in [6, 6.07) is -0.180. The highest BCUT2D eigenvalue weighted by molar-refractivity contribution is 5.73. The number of ether oxygens (including phenoxy) is 1. The third-order valence-electron chi connectivity index (χ3n) is 3.32. The second-order valence-corrected chi connectivity index (χ2v) is 5.19. The van der Waals surface area contributed by atoms with Gasteiger partial charge in [-0.2, -0.15) is 0 Å². The molecular weight excluding hydrogens is 248 g/mol. The monoisotopic (exact) mass is 272 g/mol. The van der Waals surface area contributed by atoms with Crippen LogP contribution in [0.25, 0.3) is 0 Å². The number of nitrogens with one attached hydrogen (secondary N) is 2. The van der Waals surface area contributed by atoms with Gasteiger partial charge in [0.1, 0.15) is 0 Å². The van der Waals surface area contributed by atoms with Crippen molar-refractivity contribution in [2.45, 2.75) is 32.6 Å². The molecule has 1 fully saturated rings. The lowest BCUT2D eigenvalue weighted by Crippen LogP contribution is -2.38. The minimum atomic E-state index is -0.796. The Morgan fingerprint density at radius 2 is 2.21 bits per heavy atom. The van der Waals surface area contributed by atoms with Gasteiger partial charge in [-0.15, -0.1) is 0 Å². The normalized spacial score (nSPS) is 19.9. The second kappa shape index (κ2) is 8.74. The number of aliphatic carboxylic acids is 1. The zero-order valence-corrected chi connectivity index (χ0v) is 11.5. The molecule has 0 aromatic carbocycles. The quantitative estimate of drug-likeness (QED) is 0.620. The fourth-order valence-corrected chi connectivity index (χ4v) is 2.00. The highest BCUT2D eigenvalue weighted by atomic mass is 16.5. The maximum absolute atomic E-state index is 11.5. The summed E-state index contributed by atoms with van der Waals surface area (Å²) < 4.78 is 5.26. The molecule has 3 N–H and O–H groups in total. The molecule has 1 aliphatic heterocycles. The van der Waals surface area contributed by atoms with Crippen LogP contribution in [0.5, 0.6) is 0 Å². The van der Waals surface area contributed by atoms with Crippen molar-refractivity contribution in [3.8, 4) is 0 Å². The van der Waals surface area contributed by atoms with Crippen molar-refractivity contribution in [2.75, 3.05) is 26.3 Å². The lowest BCUT2D eigenvalue weighted by molar-refractivity contribution is -0.137. The number of carbonyl (C=O) groups is 2. The van der Waals surface area contributed by atoms with Crippen LogP contribution in [0.1, 0.15) is 32.6 Å². The number of urea groups is 1. The van der Waals surface area contributed by atoms with E-state index in [1.165, 1.54) is 0 Å². The first kappa shape index (κ1) is 15.8. The Labute approximate surface area is 113 Å². The van der Waals surface area contributed by atoms with Crippen molar-refractivity contribution < 1.29 is 19.4 Å². The molecule has 6 heteroatoms. The van der Waals surface area contributed by atoms with E-state index in [2.05, 4.69) is 10.6 Å². The first-order valence-corrected chi connectivity index (χ1v) is 6.89. The van der Waals surface area contributed by atoms with E-state index in [4.69, 9.17) is 9.84 Å². The summed E-state index contributed by atoms with van der Waals surface area (Å²) in [5.41, 5.74) is 0. The summed E-state index contributed by atoms with van der Waals surface area (Å²) in [6.07, 6.45) is 2.75. The van der Waals surface area contributed by atoms with Crippen LogP contribution < -0.4 is 10.6 Å². The molecule has 0 bridgehead atoms. The van der Waals surface area contributed by atoms with Crippen molar-refractivity contribution in [1.29, 1.82) is 0 Å². The van der Waals surface area contributed by atoms with E-state index in [1.54, 1.807) is 0 Å². The maximum Gasteiger partial charge on any atom is 0.314 e. The number of carboxylic acids is 1. The number of hydrogen-bond acceptors (Lipinski definition) is 3. The molecular formula is C13H24N2O4. The standard InChI is InChI=1S/C13H24N2O4/c1-10(2-3-12(16)17)8-15-13(18)14-6-4-11-5-7-19-9-11/h10-11H,2-9H2,1H3,(H,16,17)(H2,14,15,18). The molecule has 1 aliphatic rings. The molecule has 0 radical (unpaired) electrons. The van der Waals surface area contributed by atoms with E-state index in [0.29, 0.717) is 25.4 Å². The third kappa shape index (κ3) is 7.66. The molecule has 0 spiro atoms. The molecule has 0 aromatic rings. The predicted molar refractivity (Wildman–Crippen MR) is 71.0 cm³/mol. The minimum Gasteiger partial charge on any atom is -0.481 e. The fourth-order valence-electron chi connectivity index (χ4n) is 2.00. The summed E-state index contributed by atoms with van der Waals surface area (Å²) in [5.74, 6) is -0.0602. The van der Waals surface area contributed by atoms with Gasteiger partial charge in [0.25, 0.3) is 0 Å². The first-order valence-electron chi connectivity index (χ1n) is 6.89. The summed E-state index contributed by atoms with van der Waals surface area (Å²) in [5, 5.41) is 14.1. The topological polar surface area (TPSA) is 87.7 Å². The van der Waals surface area contributed by atoms with Crippen molar-refractivity contribution in [2.24, 2.45) is 11.8 Å². The molecule has 2 unspecified atom stereocenters. The van der Waals surface area contributed by atoms with Gasteiger partial charge in [0, 0.05) is 32.7 Å². The van der Waals surface area contributed by atoms with Crippen LogP contribution in [0.2, 0.25) is 0 Å². The van der Waals surface area contributed by atoms with Crippen molar-refractivity contribution >= 4 is 12.0 Å². The van der Waals surface area contributed by atoms with Crippen LogP contribution in [-0.2, 0) is 9.53 Å². The highest BCUT2D eigenvalue weighted by Crippen LogP contribution is 2.15. The zero-order valence-electron chi connectivity index (χ0n) is 11.5. The molecule has 6 nitrogen and oxygen atoms in total. The Balaban J connectivity index is 1.98. The Bertz CT molecular complexity index is 290. The molecule has 110 valence electrons. The Hall–Kier alpha value is -1.30. The SMILES string of the molecule is CC(CCC(=O)O)CNC(=O)NCCC1CCOC1. The van der Waals surface area contributed by atoms with E-state index < -0.39 is 5.97 Å². The molecule has 0 aliphatic carbocycles. The zero-order chi connectivity index (χ0) is 14.1. The lowest BCUT2D eigenvalue weighted by atomic mass is 10.1. The van der Waals surface area contributed by atoms with Crippen LogP contribution in [0, 0.1) is 11.8 Å². The second-order valence-electron chi connectivity index (χ2n) is 5.19. The van der Waals surface area contributed by atoms with Gasteiger partial charge in [0.2, 0.25) is 0 Å². The first-order chi connectivity index (χ1) is 9.08. The molecule has 19 heavy (non-hydrogen) atoms. The molecule has 1 heterocycles. The van der Waals surface area contributed by atoms with Gasteiger partial charge in [-0.05, 0) is 31.1 Å². The van der Waals surface area contributed by atoms with Crippen LogP contribution >= 0.6 is 0 Å². The molecule has 0 saturated carbocycles. The van der Waals surface area contributed by atoms with Gasteiger partial charge in [-0.25, -0.2) is 4.79 Å². The number of hydrogen-bond donors (Lipinski definition) is 3. The van der Waals surface area contributed by atoms with Gasteiger partial charge in [0.15, 0.2) is 0 Å². The van der Waals surface area contributed by atoms with Crippen LogP contribution in [-0.4, -0.2) is 43.4 Å². The van der Waals surface area contributed by atoms with Gasteiger partial charge >= 0.3 is 12.0 Å². The molecule has 1 saturated heterocycles. The van der Waals surface area contributed by atoms with E-state index in [-0.39, 0.29) is 18.4 Å². The van der Waals surface area contributed by atoms with Gasteiger partial charge in [-0.3, -0.25) is 4.79 Å². The molecule has 1 rings (SSSR count). The summed E-state index contributed by atoms with van der Waals surface area (Å²) in [7, 11) is 0. The summed E-state index contributed by atoms with van der Waals surface area (Å²) in [6.45, 7) is 4.72.